The Morgan fingerprint density at radius 3 is 2.46 bits per heavy atom. The van der Waals surface area contributed by atoms with E-state index in [-0.39, 0.29) is 0 Å². The van der Waals surface area contributed by atoms with E-state index in [0.29, 0.717) is 6.01 Å². The molecule has 5 heteroatoms. The first-order valence-corrected chi connectivity index (χ1v) is 8.12. The van der Waals surface area contributed by atoms with E-state index in [4.69, 9.17) is 4.74 Å². The van der Waals surface area contributed by atoms with E-state index in [9.17, 15) is 0 Å². The smallest absolute Gasteiger partial charge is 0.318 e. The molecular weight excluding hydrogens is 300 g/mol. The zero-order chi connectivity index (χ0) is 16.4. The third kappa shape index (κ3) is 2.73. The molecule has 1 radical (unpaired) electrons. The molecule has 0 spiro atoms. The molecule has 0 saturated carbocycles. The summed E-state index contributed by atoms with van der Waals surface area (Å²) in [6.07, 6.45) is 0. The molecule has 0 aliphatic carbocycles. The van der Waals surface area contributed by atoms with E-state index in [0.717, 1.165) is 42.9 Å². The van der Waals surface area contributed by atoms with Crippen molar-refractivity contribution < 1.29 is 4.74 Å². The number of anilines is 2. The minimum atomic E-state index is 0.405. The van der Waals surface area contributed by atoms with Gasteiger partial charge in [0.25, 0.3) is 0 Å². The van der Waals surface area contributed by atoms with Crippen LogP contribution in [0.25, 0.3) is 10.9 Å². The van der Waals surface area contributed by atoms with E-state index in [1.54, 1.807) is 7.11 Å². The number of hydrogen-bond acceptors (Lipinski definition) is 5. The second kappa shape index (κ2) is 6.35. The number of fused-ring (bicyclic) bond motifs is 1. The SMILES string of the molecule is COc1nc(N2CCN(c3ccccc3)CC2)c2cc[c]cc2n1. The summed E-state index contributed by atoms with van der Waals surface area (Å²) in [6, 6.07) is 19.8. The second-order valence-electron chi connectivity index (χ2n) is 5.79. The third-order valence-corrected chi connectivity index (χ3v) is 4.38. The van der Waals surface area contributed by atoms with E-state index in [1.165, 1.54) is 5.69 Å². The third-order valence-electron chi connectivity index (χ3n) is 4.38. The average molecular weight is 319 g/mol. The van der Waals surface area contributed by atoms with Crippen molar-refractivity contribution in [3.8, 4) is 6.01 Å². The van der Waals surface area contributed by atoms with Crippen molar-refractivity contribution in [2.45, 2.75) is 0 Å². The number of methoxy groups -OCH3 is 1. The fourth-order valence-corrected chi connectivity index (χ4v) is 3.13. The zero-order valence-electron chi connectivity index (χ0n) is 13.6. The molecule has 24 heavy (non-hydrogen) atoms. The van der Waals surface area contributed by atoms with Crippen LogP contribution in [0, 0.1) is 6.07 Å². The molecular formula is C19H19N4O. The molecule has 1 fully saturated rings. The van der Waals surface area contributed by atoms with Crippen LogP contribution < -0.4 is 14.5 Å². The van der Waals surface area contributed by atoms with Crippen LogP contribution in [0.3, 0.4) is 0 Å². The van der Waals surface area contributed by atoms with Gasteiger partial charge >= 0.3 is 6.01 Å². The van der Waals surface area contributed by atoms with Crippen molar-refractivity contribution in [3.63, 3.8) is 0 Å². The summed E-state index contributed by atoms with van der Waals surface area (Å²) < 4.78 is 5.27. The molecule has 3 aromatic rings. The molecule has 1 aliphatic heterocycles. The fourth-order valence-electron chi connectivity index (χ4n) is 3.13. The minimum absolute atomic E-state index is 0.405. The van der Waals surface area contributed by atoms with Crippen LogP contribution in [0.15, 0.2) is 48.5 Å². The highest BCUT2D eigenvalue weighted by atomic mass is 16.5. The van der Waals surface area contributed by atoms with Gasteiger partial charge in [-0.1, -0.05) is 24.3 Å². The van der Waals surface area contributed by atoms with Gasteiger partial charge in [-0.25, -0.2) is 0 Å². The van der Waals surface area contributed by atoms with Gasteiger partial charge < -0.3 is 14.5 Å². The van der Waals surface area contributed by atoms with Crippen molar-refractivity contribution >= 4 is 22.4 Å². The van der Waals surface area contributed by atoms with E-state index >= 15 is 0 Å². The van der Waals surface area contributed by atoms with Gasteiger partial charge in [0.05, 0.1) is 12.6 Å². The summed E-state index contributed by atoms with van der Waals surface area (Å²) in [5, 5.41) is 1.04. The number of aromatic nitrogens is 2. The van der Waals surface area contributed by atoms with Crippen molar-refractivity contribution in [3.05, 3.63) is 54.6 Å². The van der Waals surface area contributed by atoms with E-state index < -0.39 is 0 Å². The number of hydrogen-bond donors (Lipinski definition) is 0. The molecule has 1 aliphatic rings. The highest BCUT2D eigenvalue weighted by Gasteiger charge is 2.21. The molecule has 121 valence electrons. The number of piperazine rings is 1. The van der Waals surface area contributed by atoms with Crippen molar-refractivity contribution in [1.29, 1.82) is 0 Å². The monoisotopic (exact) mass is 319 g/mol. The Kier molecular flexibility index (Phi) is 3.91. The van der Waals surface area contributed by atoms with Crippen LogP contribution in [0.4, 0.5) is 11.5 Å². The molecule has 0 atom stereocenters. The van der Waals surface area contributed by atoms with Crippen LogP contribution in [-0.4, -0.2) is 43.3 Å². The fraction of sp³-hybridized carbons (Fsp3) is 0.263. The van der Waals surface area contributed by atoms with Gasteiger partial charge in [-0.05, 0) is 30.3 Å². The first-order valence-electron chi connectivity index (χ1n) is 8.12. The lowest BCUT2D eigenvalue weighted by atomic mass is 10.2. The molecule has 0 unspecified atom stereocenters. The summed E-state index contributed by atoms with van der Waals surface area (Å²) in [7, 11) is 1.60. The highest BCUT2D eigenvalue weighted by molar-refractivity contribution is 5.89. The second-order valence-corrected chi connectivity index (χ2v) is 5.79. The lowest BCUT2D eigenvalue weighted by Gasteiger charge is -2.37. The Hall–Kier alpha value is -2.82. The van der Waals surface area contributed by atoms with Crippen LogP contribution >= 0.6 is 0 Å². The van der Waals surface area contributed by atoms with E-state index in [2.05, 4.69) is 56.2 Å². The van der Waals surface area contributed by atoms with Gasteiger partial charge in [0.1, 0.15) is 5.82 Å². The maximum Gasteiger partial charge on any atom is 0.318 e. The normalized spacial score (nSPS) is 14.9. The molecule has 0 amide bonds. The molecule has 0 N–H and O–H groups in total. The Morgan fingerprint density at radius 2 is 1.71 bits per heavy atom. The maximum atomic E-state index is 5.27. The molecule has 2 aromatic carbocycles. The zero-order valence-corrected chi connectivity index (χ0v) is 13.6. The summed E-state index contributed by atoms with van der Waals surface area (Å²) in [6.45, 7) is 3.78. The van der Waals surface area contributed by atoms with Crippen LogP contribution in [0.5, 0.6) is 6.01 Å². The molecule has 0 bridgehead atoms. The molecule has 1 saturated heterocycles. The van der Waals surface area contributed by atoms with Crippen LogP contribution in [0.1, 0.15) is 0 Å². The summed E-state index contributed by atoms with van der Waals surface area (Å²) in [5.41, 5.74) is 2.14. The number of nitrogens with zero attached hydrogens (tertiary/aromatic N) is 4. The van der Waals surface area contributed by atoms with Crippen molar-refractivity contribution in [1.82, 2.24) is 9.97 Å². The Morgan fingerprint density at radius 1 is 0.958 bits per heavy atom. The van der Waals surface area contributed by atoms with Gasteiger partial charge in [-0.15, -0.1) is 0 Å². The van der Waals surface area contributed by atoms with Crippen molar-refractivity contribution in [2.24, 2.45) is 0 Å². The van der Waals surface area contributed by atoms with Crippen LogP contribution in [-0.2, 0) is 0 Å². The number of rotatable bonds is 3. The highest BCUT2D eigenvalue weighted by Crippen LogP contribution is 2.27. The summed E-state index contributed by atoms with van der Waals surface area (Å²) >= 11 is 0. The molecule has 5 nitrogen and oxygen atoms in total. The first-order chi connectivity index (χ1) is 11.8. The lowest BCUT2D eigenvalue weighted by Crippen LogP contribution is -2.46. The summed E-state index contributed by atoms with van der Waals surface area (Å²) in [4.78, 5) is 13.7. The molecule has 4 rings (SSSR count). The van der Waals surface area contributed by atoms with Gasteiger partial charge in [-0.3, -0.25) is 0 Å². The van der Waals surface area contributed by atoms with Gasteiger partial charge in [0, 0.05) is 37.3 Å². The predicted octanol–water partition coefficient (Wildman–Crippen LogP) is 2.77. The Balaban J connectivity index is 1.60. The maximum absolute atomic E-state index is 5.27. The Bertz CT molecular complexity index is 829. The minimum Gasteiger partial charge on any atom is -0.467 e. The summed E-state index contributed by atoms with van der Waals surface area (Å²) in [5.74, 6) is 0.943. The predicted molar refractivity (Wildman–Crippen MR) is 95.8 cm³/mol. The quantitative estimate of drug-likeness (QED) is 0.742. The standard InChI is InChI=1S/C19H19N4O/c1-24-19-20-17-10-6-5-9-16(17)18(21-19)23-13-11-22(12-14-23)15-7-3-2-4-8-15/h2-5,7-10H,11-14H2,1H3. The average Bonchev–Trinajstić information content (AvgIpc) is 2.68. The van der Waals surface area contributed by atoms with Gasteiger partial charge in [-0.2, -0.15) is 9.97 Å². The number of ether oxygens (including phenoxy) is 1. The van der Waals surface area contributed by atoms with Gasteiger partial charge in [0.15, 0.2) is 0 Å². The topological polar surface area (TPSA) is 41.5 Å². The Labute approximate surface area is 141 Å². The van der Waals surface area contributed by atoms with Gasteiger partial charge in [0.2, 0.25) is 0 Å². The number of para-hydroxylation sites is 1. The number of benzene rings is 2. The van der Waals surface area contributed by atoms with Crippen LogP contribution in [0.2, 0.25) is 0 Å². The van der Waals surface area contributed by atoms with E-state index in [1.807, 2.05) is 18.2 Å². The lowest BCUT2D eigenvalue weighted by molar-refractivity contribution is 0.381. The first kappa shape index (κ1) is 14.8. The molecule has 2 heterocycles. The largest absolute Gasteiger partial charge is 0.467 e. The van der Waals surface area contributed by atoms with Crippen molar-refractivity contribution in [2.75, 3.05) is 43.1 Å². The molecule has 1 aromatic heterocycles.